The lowest BCUT2D eigenvalue weighted by Gasteiger charge is -2.25. The van der Waals surface area contributed by atoms with Gasteiger partial charge in [-0.15, -0.1) is 0 Å². The van der Waals surface area contributed by atoms with Crippen LogP contribution in [0.5, 0.6) is 0 Å². The molecule has 0 spiro atoms. The highest BCUT2D eigenvalue weighted by Crippen LogP contribution is 2.34. The Labute approximate surface area is 151 Å². The summed E-state index contributed by atoms with van der Waals surface area (Å²) in [5.74, 6) is 1.43. The molecule has 27 heavy (non-hydrogen) atoms. The lowest BCUT2D eigenvalue weighted by Crippen LogP contribution is -2.49. The summed E-state index contributed by atoms with van der Waals surface area (Å²) in [7, 11) is 0. The number of allylic oxidation sites excluding steroid dienone is 1. The summed E-state index contributed by atoms with van der Waals surface area (Å²) < 4.78 is 66.6. The van der Waals surface area contributed by atoms with Crippen LogP contribution in [0.4, 0.5) is 32.2 Å². The third kappa shape index (κ3) is 5.41. The van der Waals surface area contributed by atoms with Gasteiger partial charge >= 0.3 is 12.4 Å². The normalized spacial score (nSPS) is 19.9. The molecule has 152 valence electrons. The molecule has 0 radical (unpaired) electrons. The molecule has 0 aromatic carbocycles. The van der Waals surface area contributed by atoms with Crippen LogP contribution < -0.4 is 16.8 Å². The number of H-pyrrole nitrogens is 1. The van der Waals surface area contributed by atoms with Gasteiger partial charge < -0.3 is 21.8 Å². The molecule has 1 aliphatic heterocycles. The molecule has 1 aromatic heterocycles. The minimum Gasteiger partial charge on any atom is -0.400 e. The second kappa shape index (κ2) is 8.24. The number of hydrogen-bond donors (Lipinski definition) is 4. The SMILES string of the molecule is N/C(=C1\NC=Nc2[nH]ccc21)C1CCCCC1.NC(C(F)(F)F)C(F)(F)F. The number of nitrogens with zero attached hydrogens (tertiary/aromatic N) is 1. The van der Waals surface area contributed by atoms with Crippen LogP contribution in [0.3, 0.4) is 0 Å². The molecule has 11 heteroatoms. The smallest absolute Gasteiger partial charge is 0.400 e. The summed E-state index contributed by atoms with van der Waals surface area (Å²) in [6.07, 6.45) is -0.811. The second-order valence-corrected chi connectivity index (χ2v) is 6.37. The molecular weight excluding hydrogens is 376 g/mol. The number of fused-ring (bicyclic) bond motifs is 1. The van der Waals surface area contributed by atoms with Crippen LogP contribution in [0.1, 0.15) is 37.7 Å². The molecule has 1 aliphatic carbocycles. The largest absolute Gasteiger partial charge is 0.412 e. The molecule has 0 bridgehead atoms. The van der Waals surface area contributed by atoms with Gasteiger partial charge in [-0.2, -0.15) is 26.3 Å². The monoisotopic (exact) mass is 397 g/mol. The summed E-state index contributed by atoms with van der Waals surface area (Å²) in [5.41, 5.74) is 13.3. The number of hydrogen-bond acceptors (Lipinski definition) is 4. The van der Waals surface area contributed by atoms with Crippen molar-refractivity contribution in [2.45, 2.75) is 50.5 Å². The zero-order valence-corrected chi connectivity index (χ0v) is 14.3. The number of rotatable bonds is 1. The Morgan fingerprint density at radius 2 is 1.67 bits per heavy atom. The third-order valence-corrected chi connectivity index (χ3v) is 4.44. The van der Waals surface area contributed by atoms with Gasteiger partial charge in [-0.25, -0.2) is 4.99 Å². The van der Waals surface area contributed by atoms with Crippen LogP contribution in [-0.4, -0.2) is 29.7 Å². The van der Waals surface area contributed by atoms with E-state index >= 15 is 0 Å². The van der Waals surface area contributed by atoms with Crippen LogP contribution in [0.25, 0.3) is 5.70 Å². The standard InChI is InChI=1S/C13H18N4.C3H3F6N/c14-11(9-4-2-1-3-5-9)12-10-6-7-15-13(10)17-8-16-12;4-2(5,6)1(10)3(7,8)9/h6-9,15H,1-5,14H2,(H,16,17);1H,10H2/b12-11-;. The molecule has 0 amide bonds. The van der Waals surface area contributed by atoms with Crippen LogP contribution in [0, 0.1) is 5.92 Å². The van der Waals surface area contributed by atoms with Crippen molar-refractivity contribution in [2.75, 3.05) is 0 Å². The fourth-order valence-corrected chi connectivity index (χ4v) is 2.95. The van der Waals surface area contributed by atoms with Crippen LogP contribution in [-0.2, 0) is 0 Å². The fourth-order valence-electron chi connectivity index (χ4n) is 2.95. The summed E-state index contributed by atoms with van der Waals surface area (Å²) >= 11 is 0. The van der Waals surface area contributed by atoms with Crippen molar-refractivity contribution in [3.63, 3.8) is 0 Å². The number of halogens is 6. The topological polar surface area (TPSA) is 92.2 Å². The average Bonchev–Trinajstić information content (AvgIpc) is 3.09. The van der Waals surface area contributed by atoms with Gasteiger partial charge in [-0.05, 0) is 18.9 Å². The van der Waals surface area contributed by atoms with Gasteiger partial charge in [0.25, 0.3) is 0 Å². The van der Waals surface area contributed by atoms with E-state index in [1.54, 1.807) is 6.34 Å². The molecule has 6 N–H and O–H groups in total. The highest BCUT2D eigenvalue weighted by molar-refractivity contribution is 5.87. The van der Waals surface area contributed by atoms with Crippen molar-refractivity contribution in [3.8, 4) is 0 Å². The average molecular weight is 397 g/mol. The van der Waals surface area contributed by atoms with E-state index in [4.69, 9.17) is 5.73 Å². The van der Waals surface area contributed by atoms with Gasteiger partial charge in [0.05, 0.1) is 12.0 Å². The molecule has 1 saturated carbocycles. The van der Waals surface area contributed by atoms with Crippen molar-refractivity contribution < 1.29 is 26.3 Å². The van der Waals surface area contributed by atoms with Gasteiger partial charge in [-0.3, -0.25) is 0 Å². The molecule has 2 aliphatic rings. The van der Waals surface area contributed by atoms with E-state index in [9.17, 15) is 26.3 Å². The van der Waals surface area contributed by atoms with E-state index in [0.29, 0.717) is 5.92 Å². The molecule has 0 atom stereocenters. The van der Waals surface area contributed by atoms with Crippen LogP contribution >= 0.6 is 0 Å². The first-order valence-electron chi connectivity index (χ1n) is 8.37. The number of nitrogens with one attached hydrogen (secondary N) is 2. The Kier molecular flexibility index (Phi) is 6.45. The Morgan fingerprint density at radius 3 is 2.19 bits per heavy atom. The van der Waals surface area contributed by atoms with Crippen LogP contribution in [0.15, 0.2) is 23.0 Å². The Balaban J connectivity index is 0.000000227. The maximum Gasteiger partial charge on any atom is 0.412 e. The number of aromatic nitrogens is 1. The lowest BCUT2D eigenvalue weighted by atomic mass is 9.85. The highest BCUT2D eigenvalue weighted by atomic mass is 19.4. The van der Waals surface area contributed by atoms with Crippen molar-refractivity contribution >= 4 is 17.9 Å². The van der Waals surface area contributed by atoms with Crippen molar-refractivity contribution in [1.82, 2.24) is 10.3 Å². The first-order chi connectivity index (χ1) is 12.5. The van der Waals surface area contributed by atoms with Crippen LogP contribution in [0.2, 0.25) is 0 Å². The minimum atomic E-state index is -5.40. The first-order valence-corrected chi connectivity index (χ1v) is 8.37. The minimum absolute atomic E-state index is 0.528. The summed E-state index contributed by atoms with van der Waals surface area (Å²) in [4.78, 5) is 7.37. The van der Waals surface area contributed by atoms with E-state index in [2.05, 4.69) is 21.0 Å². The van der Waals surface area contributed by atoms with E-state index in [-0.39, 0.29) is 0 Å². The maximum absolute atomic E-state index is 11.1. The Hall–Kier alpha value is -2.17. The van der Waals surface area contributed by atoms with E-state index < -0.39 is 18.4 Å². The zero-order chi connectivity index (χ0) is 20.2. The number of nitrogens with two attached hydrogens (primary N) is 2. The third-order valence-electron chi connectivity index (χ3n) is 4.44. The van der Waals surface area contributed by atoms with Gasteiger partial charge in [0.15, 0.2) is 6.04 Å². The molecule has 5 nitrogen and oxygen atoms in total. The summed E-state index contributed by atoms with van der Waals surface area (Å²) in [5, 5.41) is 3.20. The van der Waals surface area contributed by atoms with Gasteiger partial charge in [0.1, 0.15) is 5.82 Å². The lowest BCUT2D eigenvalue weighted by molar-refractivity contribution is -0.248. The predicted molar refractivity (Wildman–Crippen MR) is 89.8 cm³/mol. The van der Waals surface area contributed by atoms with Gasteiger partial charge in [0, 0.05) is 23.4 Å². The summed E-state index contributed by atoms with van der Waals surface area (Å²) in [6, 6.07) is -1.70. The zero-order valence-electron chi connectivity index (χ0n) is 14.3. The molecule has 1 fully saturated rings. The molecule has 0 saturated heterocycles. The van der Waals surface area contributed by atoms with Crippen molar-refractivity contribution in [3.05, 3.63) is 23.5 Å². The Bertz CT molecular complexity index is 668. The second-order valence-electron chi connectivity index (χ2n) is 6.37. The summed E-state index contributed by atoms with van der Waals surface area (Å²) in [6.45, 7) is 0. The van der Waals surface area contributed by atoms with E-state index in [1.807, 2.05) is 12.3 Å². The van der Waals surface area contributed by atoms with Crippen molar-refractivity contribution in [2.24, 2.45) is 22.4 Å². The first kappa shape index (κ1) is 21.1. The van der Waals surface area contributed by atoms with E-state index in [0.717, 1.165) is 22.8 Å². The predicted octanol–water partition coefficient (Wildman–Crippen LogP) is 3.92. The fraction of sp³-hybridized carbons (Fsp3) is 0.562. The quantitative estimate of drug-likeness (QED) is 0.541. The molecule has 0 unspecified atom stereocenters. The number of aliphatic imine (C=N–C) groups is 1. The molecule has 3 rings (SSSR count). The van der Waals surface area contributed by atoms with Gasteiger partial charge in [0.2, 0.25) is 0 Å². The maximum atomic E-state index is 11.1. The number of aromatic amines is 1. The molecular formula is C16H21F6N5. The van der Waals surface area contributed by atoms with Gasteiger partial charge in [-0.1, -0.05) is 19.3 Å². The molecule has 2 heterocycles. The number of alkyl halides is 6. The Morgan fingerprint density at radius 1 is 1.07 bits per heavy atom. The van der Waals surface area contributed by atoms with E-state index in [1.165, 1.54) is 32.1 Å². The van der Waals surface area contributed by atoms with Crippen molar-refractivity contribution in [1.29, 1.82) is 0 Å². The molecule has 1 aromatic rings. The highest BCUT2D eigenvalue weighted by Gasteiger charge is 2.54.